The first-order chi connectivity index (χ1) is 14.9. The first-order valence-electron chi connectivity index (χ1n) is 10.1. The lowest BCUT2D eigenvalue weighted by Gasteiger charge is -2.08. The van der Waals surface area contributed by atoms with Crippen LogP contribution < -0.4 is 11.1 Å². The van der Waals surface area contributed by atoms with Gasteiger partial charge in [-0.1, -0.05) is 23.7 Å². The van der Waals surface area contributed by atoms with Crippen LogP contribution >= 0.6 is 11.6 Å². The summed E-state index contributed by atoms with van der Waals surface area (Å²) in [6.45, 7) is 5.02. The molecule has 7 nitrogen and oxygen atoms in total. The van der Waals surface area contributed by atoms with Crippen LogP contribution in [0.25, 0.3) is 5.69 Å². The highest BCUT2D eigenvalue weighted by Crippen LogP contribution is 2.25. The minimum Gasteiger partial charge on any atom is -0.398 e. The van der Waals surface area contributed by atoms with E-state index in [0.717, 1.165) is 28.2 Å². The molecule has 4 N–H and O–H groups in total. The molecular formula is C23H27ClN4O3. The summed E-state index contributed by atoms with van der Waals surface area (Å²) in [7, 11) is 0. The van der Waals surface area contributed by atoms with Gasteiger partial charge in [0.1, 0.15) is 0 Å². The summed E-state index contributed by atoms with van der Waals surface area (Å²) < 4.78 is 7.01. The fourth-order valence-electron chi connectivity index (χ4n) is 3.31. The number of hydrogen-bond acceptors (Lipinski definition) is 5. The zero-order valence-electron chi connectivity index (χ0n) is 17.7. The van der Waals surface area contributed by atoms with Crippen molar-refractivity contribution in [2.24, 2.45) is 0 Å². The highest BCUT2D eigenvalue weighted by atomic mass is 35.5. The number of aryl methyl sites for hydroxylation is 1. The molecule has 2 aromatic carbocycles. The molecule has 0 aliphatic heterocycles. The summed E-state index contributed by atoms with van der Waals surface area (Å²) in [4.78, 5) is 12.2. The lowest BCUT2D eigenvalue weighted by molar-refractivity contribution is 0.0838. The third kappa shape index (κ3) is 5.64. The second-order valence-corrected chi connectivity index (χ2v) is 7.64. The van der Waals surface area contributed by atoms with Crippen LogP contribution in [0, 0.1) is 13.8 Å². The molecule has 1 amide bonds. The van der Waals surface area contributed by atoms with Gasteiger partial charge in [0.05, 0.1) is 41.9 Å². The molecule has 0 radical (unpaired) electrons. The smallest absolute Gasteiger partial charge is 0.251 e. The maximum atomic E-state index is 12.2. The van der Waals surface area contributed by atoms with Gasteiger partial charge in [-0.15, -0.1) is 0 Å². The Labute approximate surface area is 186 Å². The standard InChI is InChI=1S/C23H27ClN4O3/c1-15-20(16(2)28(27-15)19-7-8-22(25)21(24)14-19)13-17-3-5-18(6-4-17)23(30)26-9-11-31-12-10-29/h3-8,14,29H,9-13,25H2,1-2H3,(H,26,30). The van der Waals surface area contributed by atoms with E-state index in [-0.39, 0.29) is 19.1 Å². The summed E-state index contributed by atoms with van der Waals surface area (Å²) in [5.74, 6) is -0.153. The number of nitrogen functional groups attached to an aromatic ring is 1. The summed E-state index contributed by atoms with van der Waals surface area (Å²) in [6, 6.07) is 13.0. The number of carbonyl (C=O) groups is 1. The Morgan fingerprint density at radius 3 is 2.61 bits per heavy atom. The van der Waals surface area contributed by atoms with Crippen LogP contribution in [0.3, 0.4) is 0 Å². The van der Waals surface area contributed by atoms with E-state index >= 15 is 0 Å². The summed E-state index contributed by atoms with van der Waals surface area (Å²) in [5, 5.41) is 16.6. The fourth-order valence-corrected chi connectivity index (χ4v) is 3.49. The summed E-state index contributed by atoms with van der Waals surface area (Å²) in [6.07, 6.45) is 0.706. The van der Waals surface area contributed by atoms with E-state index in [4.69, 9.17) is 27.2 Å². The summed E-state index contributed by atoms with van der Waals surface area (Å²) in [5.41, 5.74) is 12.0. The molecule has 8 heteroatoms. The third-order valence-electron chi connectivity index (χ3n) is 5.03. The molecule has 164 valence electrons. The number of ether oxygens (including phenoxy) is 1. The molecule has 0 atom stereocenters. The largest absolute Gasteiger partial charge is 0.398 e. The van der Waals surface area contributed by atoms with E-state index in [9.17, 15) is 4.79 Å². The van der Waals surface area contributed by atoms with Crippen LogP contribution in [0.4, 0.5) is 5.69 Å². The van der Waals surface area contributed by atoms with Crippen LogP contribution in [0.15, 0.2) is 42.5 Å². The predicted molar refractivity (Wildman–Crippen MR) is 122 cm³/mol. The maximum Gasteiger partial charge on any atom is 0.251 e. The fraction of sp³-hybridized carbons (Fsp3) is 0.304. The predicted octanol–water partition coefficient (Wildman–Crippen LogP) is 3.05. The number of rotatable bonds is 9. The van der Waals surface area contributed by atoms with Gasteiger partial charge < -0.3 is 20.9 Å². The second kappa shape index (κ2) is 10.4. The molecular weight excluding hydrogens is 416 g/mol. The average Bonchev–Trinajstić information content (AvgIpc) is 3.04. The Hall–Kier alpha value is -2.87. The zero-order chi connectivity index (χ0) is 22.4. The SMILES string of the molecule is Cc1nn(-c2ccc(N)c(Cl)c2)c(C)c1Cc1ccc(C(=O)NCCOCCO)cc1. The van der Waals surface area contributed by atoms with Gasteiger partial charge in [-0.3, -0.25) is 4.79 Å². The third-order valence-corrected chi connectivity index (χ3v) is 5.36. The zero-order valence-corrected chi connectivity index (χ0v) is 18.4. The highest BCUT2D eigenvalue weighted by molar-refractivity contribution is 6.33. The molecule has 1 heterocycles. The van der Waals surface area contributed by atoms with Crippen molar-refractivity contribution >= 4 is 23.2 Å². The van der Waals surface area contributed by atoms with Crippen LogP contribution in [0.1, 0.15) is 32.9 Å². The van der Waals surface area contributed by atoms with E-state index in [1.165, 1.54) is 0 Å². The first-order valence-corrected chi connectivity index (χ1v) is 10.4. The molecule has 0 saturated carbocycles. The van der Waals surface area contributed by atoms with Crippen molar-refractivity contribution in [1.82, 2.24) is 15.1 Å². The van der Waals surface area contributed by atoms with Crippen LogP contribution in [-0.2, 0) is 11.2 Å². The molecule has 3 aromatic rings. The van der Waals surface area contributed by atoms with Gasteiger partial charge in [-0.05, 0) is 49.7 Å². The van der Waals surface area contributed by atoms with Crippen molar-refractivity contribution < 1.29 is 14.6 Å². The number of aliphatic hydroxyl groups is 1. The van der Waals surface area contributed by atoms with Crippen molar-refractivity contribution in [3.05, 3.63) is 75.6 Å². The van der Waals surface area contributed by atoms with Crippen LogP contribution in [-0.4, -0.2) is 47.2 Å². The van der Waals surface area contributed by atoms with Gasteiger partial charge in [0.2, 0.25) is 0 Å². The number of amides is 1. The second-order valence-electron chi connectivity index (χ2n) is 7.23. The molecule has 3 rings (SSSR count). The van der Waals surface area contributed by atoms with E-state index in [2.05, 4.69) is 10.4 Å². The Balaban J connectivity index is 1.68. The number of anilines is 1. The molecule has 0 bridgehead atoms. The number of halogens is 1. The number of hydrogen-bond donors (Lipinski definition) is 3. The number of carbonyl (C=O) groups excluding carboxylic acids is 1. The lowest BCUT2D eigenvalue weighted by Crippen LogP contribution is -2.27. The number of nitrogens with zero attached hydrogens (tertiary/aromatic N) is 2. The number of benzene rings is 2. The van der Waals surface area contributed by atoms with Crippen LogP contribution in [0.5, 0.6) is 0 Å². The van der Waals surface area contributed by atoms with Crippen LogP contribution in [0.2, 0.25) is 5.02 Å². The minimum atomic E-state index is -0.153. The molecule has 1 aromatic heterocycles. The molecule has 0 saturated heterocycles. The minimum absolute atomic E-state index is 0.0268. The van der Waals surface area contributed by atoms with Crippen molar-refractivity contribution in [2.75, 3.05) is 32.1 Å². The Morgan fingerprint density at radius 2 is 1.94 bits per heavy atom. The van der Waals surface area contributed by atoms with E-state index in [1.807, 2.05) is 54.9 Å². The van der Waals surface area contributed by atoms with Crippen molar-refractivity contribution in [2.45, 2.75) is 20.3 Å². The normalized spacial score (nSPS) is 11.0. The van der Waals surface area contributed by atoms with Gasteiger partial charge in [0.25, 0.3) is 5.91 Å². The van der Waals surface area contributed by atoms with Crippen molar-refractivity contribution in [1.29, 1.82) is 0 Å². The Bertz CT molecular complexity index is 1050. The van der Waals surface area contributed by atoms with E-state index < -0.39 is 0 Å². The highest BCUT2D eigenvalue weighted by Gasteiger charge is 2.14. The molecule has 0 spiro atoms. The molecule has 0 fully saturated rings. The quantitative estimate of drug-likeness (QED) is 0.349. The summed E-state index contributed by atoms with van der Waals surface area (Å²) >= 11 is 6.17. The molecule has 0 unspecified atom stereocenters. The van der Waals surface area contributed by atoms with E-state index in [0.29, 0.717) is 35.8 Å². The first kappa shape index (κ1) is 22.8. The monoisotopic (exact) mass is 442 g/mol. The Kier molecular flexibility index (Phi) is 7.68. The Morgan fingerprint density at radius 1 is 1.19 bits per heavy atom. The number of aromatic nitrogens is 2. The molecule has 31 heavy (non-hydrogen) atoms. The average molecular weight is 443 g/mol. The van der Waals surface area contributed by atoms with Gasteiger partial charge in [-0.2, -0.15) is 5.10 Å². The van der Waals surface area contributed by atoms with Gasteiger partial charge in [0.15, 0.2) is 0 Å². The van der Waals surface area contributed by atoms with Crippen molar-refractivity contribution in [3.8, 4) is 5.69 Å². The van der Waals surface area contributed by atoms with Crippen molar-refractivity contribution in [3.63, 3.8) is 0 Å². The lowest BCUT2D eigenvalue weighted by atomic mass is 10.0. The molecule has 0 aliphatic carbocycles. The maximum absolute atomic E-state index is 12.2. The topological polar surface area (TPSA) is 102 Å². The number of nitrogens with two attached hydrogens (primary N) is 1. The number of nitrogens with one attached hydrogen (secondary N) is 1. The van der Waals surface area contributed by atoms with E-state index in [1.54, 1.807) is 6.07 Å². The van der Waals surface area contributed by atoms with Gasteiger partial charge in [-0.25, -0.2) is 4.68 Å². The van der Waals surface area contributed by atoms with Gasteiger partial charge >= 0.3 is 0 Å². The molecule has 0 aliphatic rings. The number of aliphatic hydroxyl groups excluding tert-OH is 1. The van der Waals surface area contributed by atoms with Gasteiger partial charge in [0, 0.05) is 29.8 Å².